The van der Waals surface area contributed by atoms with E-state index < -0.39 is 5.56 Å². The smallest absolute Gasteiger partial charge is 0.266 e. The molecule has 0 aliphatic rings. The van der Waals surface area contributed by atoms with Crippen LogP contribution in [0.2, 0.25) is 0 Å². The monoisotopic (exact) mass is 390 g/mol. The Hall–Kier alpha value is -3.56. The minimum atomic E-state index is -0.405. The molecule has 1 heterocycles. The fourth-order valence-corrected chi connectivity index (χ4v) is 2.96. The lowest BCUT2D eigenvalue weighted by Crippen LogP contribution is -2.12. The molecule has 3 rings (SSSR count). The van der Waals surface area contributed by atoms with Gasteiger partial charge in [0.15, 0.2) is 11.5 Å². The van der Waals surface area contributed by atoms with E-state index in [-0.39, 0.29) is 5.56 Å². The zero-order chi connectivity index (χ0) is 20.6. The lowest BCUT2D eigenvalue weighted by atomic mass is 10.0. The molecule has 0 amide bonds. The van der Waals surface area contributed by atoms with Crippen LogP contribution in [-0.2, 0) is 11.3 Å². The summed E-state index contributed by atoms with van der Waals surface area (Å²) in [7, 11) is 1.55. The Labute approximate surface area is 169 Å². The molecule has 0 bridgehead atoms. The van der Waals surface area contributed by atoms with Crippen LogP contribution < -0.4 is 15.0 Å². The number of ether oxygens (including phenoxy) is 3. The molecule has 0 fully saturated rings. The van der Waals surface area contributed by atoms with Crippen LogP contribution >= 0.6 is 0 Å². The summed E-state index contributed by atoms with van der Waals surface area (Å²) in [5.74, 6) is 1.09. The number of hydrogen-bond acceptors (Lipinski definition) is 5. The van der Waals surface area contributed by atoms with Crippen LogP contribution in [0.3, 0.4) is 0 Å². The van der Waals surface area contributed by atoms with Crippen molar-refractivity contribution in [2.45, 2.75) is 13.5 Å². The first-order valence-corrected chi connectivity index (χ1v) is 9.19. The fraction of sp³-hybridized carbons (Fsp3) is 0.217. The number of pyridine rings is 1. The average molecular weight is 390 g/mol. The van der Waals surface area contributed by atoms with E-state index in [1.807, 2.05) is 36.4 Å². The van der Waals surface area contributed by atoms with Crippen molar-refractivity contribution < 1.29 is 14.2 Å². The van der Waals surface area contributed by atoms with Crippen molar-refractivity contribution in [3.05, 3.63) is 81.8 Å². The average Bonchev–Trinajstić information content (AvgIpc) is 2.74. The normalized spacial score (nSPS) is 10.4. The van der Waals surface area contributed by atoms with Crippen LogP contribution in [0.25, 0.3) is 11.1 Å². The van der Waals surface area contributed by atoms with Gasteiger partial charge in [-0.15, -0.1) is 0 Å². The number of methoxy groups -OCH3 is 1. The van der Waals surface area contributed by atoms with E-state index in [1.165, 1.54) is 0 Å². The largest absolute Gasteiger partial charge is 0.493 e. The van der Waals surface area contributed by atoms with E-state index in [0.29, 0.717) is 48.1 Å². The molecular formula is C23H22N2O4. The Morgan fingerprint density at radius 2 is 1.83 bits per heavy atom. The molecule has 3 aromatic rings. The second kappa shape index (κ2) is 9.58. The number of nitriles is 1. The van der Waals surface area contributed by atoms with E-state index >= 15 is 0 Å². The van der Waals surface area contributed by atoms with Crippen molar-refractivity contribution in [2.75, 3.05) is 20.3 Å². The van der Waals surface area contributed by atoms with E-state index in [9.17, 15) is 10.1 Å². The minimum Gasteiger partial charge on any atom is -0.493 e. The predicted octanol–water partition coefficient (Wildman–Crippen LogP) is 3.83. The number of nitrogens with zero attached hydrogens (tertiary/aromatic N) is 1. The summed E-state index contributed by atoms with van der Waals surface area (Å²) < 4.78 is 16.8. The van der Waals surface area contributed by atoms with Crippen molar-refractivity contribution in [2.24, 2.45) is 0 Å². The van der Waals surface area contributed by atoms with Crippen molar-refractivity contribution in [1.29, 1.82) is 5.26 Å². The molecule has 6 heteroatoms. The highest BCUT2D eigenvalue weighted by Gasteiger charge is 2.13. The van der Waals surface area contributed by atoms with Gasteiger partial charge in [0, 0.05) is 11.3 Å². The quantitative estimate of drug-likeness (QED) is 0.591. The standard InChI is InChI=1S/C23H22N2O4/c1-16-12-19(20(14-24)23(26)25-16)18-8-9-21(22(13-18)27-2)29-11-10-28-15-17-6-4-3-5-7-17/h3-9,12-13H,10-11,15H2,1-2H3,(H,25,26). The lowest BCUT2D eigenvalue weighted by Gasteiger charge is -2.13. The molecule has 0 spiro atoms. The molecule has 1 aromatic heterocycles. The number of hydrogen-bond donors (Lipinski definition) is 1. The van der Waals surface area contributed by atoms with Gasteiger partial charge in [0.25, 0.3) is 5.56 Å². The predicted molar refractivity (Wildman–Crippen MR) is 110 cm³/mol. The zero-order valence-corrected chi connectivity index (χ0v) is 16.4. The highest BCUT2D eigenvalue weighted by Crippen LogP contribution is 2.33. The second-order valence-electron chi connectivity index (χ2n) is 6.43. The van der Waals surface area contributed by atoms with Crippen LogP contribution in [0, 0.1) is 18.3 Å². The van der Waals surface area contributed by atoms with Crippen molar-refractivity contribution >= 4 is 0 Å². The van der Waals surface area contributed by atoms with Gasteiger partial charge in [0.1, 0.15) is 18.2 Å². The minimum absolute atomic E-state index is 0.0700. The summed E-state index contributed by atoms with van der Waals surface area (Å²) in [6.45, 7) is 3.11. The second-order valence-corrected chi connectivity index (χ2v) is 6.43. The summed E-state index contributed by atoms with van der Waals surface area (Å²) in [5.41, 5.74) is 2.72. The van der Waals surface area contributed by atoms with E-state index in [1.54, 1.807) is 38.3 Å². The van der Waals surface area contributed by atoms with Gasteiger partial charge in [-0.05, 0) is 36.2 Å². The van der Waals surface area contributed by atoms with Crippen LogP contribution in [-0.4, -0.2) is 25.3 Å². The molecule has 148 valence electrons. The Balaban J connectivity index is 1.68. The third-order valence-corrected chi connectivity index (χ3v) is 4.35. The van der Waals surface area contributed by atoms with Crippen molar-refractivity contribution in [3.8, 4) is 28.7 Å². The molecule has 0 radical (unpaired) electrons. The number of nitrogens with one attached hydrogen (secondary N) is 1. The molecule has 0 aliphatic heterocycles. The van der Waals surface area contributed by atoms with Crippen molar-refractivity contribution in [1.82, 2.24) is 4.98 Å². The third-order valence-electron chi connectivity index (χ3n) is 4.35. The molecule has 0 aliphatic carbocycles. The number of aryl methyl sites for hydroxylation is 1. The highest BCUT2D eigenvalue weighted by atomic mass is 16.5. The maximum Gasteiger partial charge on any atom is 0.266 e. The summed E-state index contributed by atoms with van der Waals surface area (Å²) in [5, 5.41) is 9.34. The first kappa shape index (κ1) is 20.2. The number of rotatable bonds is 8. The molecule has 6 nitrogen and oxygen atoms in total. The van der Waals surface area contributed by atoms with E-state index in [0.717, 1.165) is 5.56 Å². The van der Waals surface area contributed by atoms with Crippen LogP contribution in [0.5, 0.6) is 11.5 Å². The molecular weight excluding hydrogens is 368 g/mol. The number of aromatic amines is 1. The Morgan fingerprint density at radius 3 is 2.55 bits per heavy atom. The fourth-order valence-electron chi connectivity index (χ4n) is 2.96. The summed E-state index contributed by atoms with van der Waals surface area (Å²) in [6, 6.07) is 19.0. The van der Waals surface area contributed by atoms with Gasteiger partial charge < -0.3 is 19.2 Å². The molecule has 29 heavy (non-hydrogen) atoms. The summed E-state index contributed by atoms with van der Waals surface area (Å²) >= 11 is 0. The topological polar surface area (TPSA) is 84.3 Å². The first-order valence-electron chi connectivity index (χ1n) is 9.19. The Morgan fingerprint density at radius 1 is 1.03 bits per heavy atom. The number of H-pyrrole nitrogens is 1. The van der Waals surface area contributed by atoms with Gasteiger partial charge in [0.2, 0.25) is 0 Å². The summed E-state index contributed by atoms with van der Waals surface area (Å²) in [4.78, 5) is 14.7. The van der Waals surface area contributed by atoms with Gasteiger partial charge in [-0.2, -0.15) is 5.26 Å². The Bertz CT molecular complexity index is 1070. The zero-order valence-electron chi connectivity index (χ0n) is 16.4. The van der Waals surface area contributed by atoms with Crippen molar-refractivity contribution in [3.63, 3.8) is 0 Å². The molecule has 0 atom stereocenters. The number of benzene rings is 2. The van der Waals surface area contributed by atoms with Gasteiger partial charge in [0.05, 0.1) is 20.3 Å². The highest BCUT2D eigenvalue weighted by molar-refractivity contribution is 5.72. The lowest BCUT2D eigenvalue weighted by molar-refractivity contribution is 0.0880. The van der Waals surface area contributed by atoms with Gasteiger partial charge in [-0.25, -0.2) is 0 Å². The number of aromatic nitrogens is 1. The van der Waals surface area contributed by atoms with Crippen LogP contribution in [0.15, 0.2) is 59.4 Å². The maximum atomic E-state index is 12.0. The van der Waals surface area contributed by atoms with Crippen LogP contribution in [0.4, 0.5) is 0 Å². The van der Waals surface area contributed by atoms with Gasteiger partial charge in [-0.1, -0.05) is 36.4 Å². The van der Waals surface area contributed by atoms with E-state index in [2.05, 4.69) is 4.98 Å². The maximum absolute atomic E-state index is 12.0. The molecule has 0 saturated carbocycles. The summed E-state index contributed by atoms with van der Waals surface area (Å²) in [6.07, 6.45) is 0. The Kier molecular flexibility index (Phi) is 6.67. The molecule has 1 N–H and O–H groups in total. The van der Waals surface area contributed by atoms with E-state index in [4.69, 9.17) is 14.2 Å². The third kappa shape index (κ3) is 5.03. The van der Waals surface area contributed by atoms with Gasteiger partial charge in [-0.3, -0.25) is 4.79 Å². The molecule has 0 unspecified atom stereocenters. The van der Waals surface area contributed by atoms with Gasteiger partial charge >= 0.3 is 0 Å². The van der Waals surface area contributed by atoms with Crippen LogP contribution in [0.1, 0.15) is 16.8 Å². The molecule has 2 aromatic carbocycles. The SMILES string of the molecule is COc1cc(-c2cc(C)[nH]c(=O)c2C#N)ccc1OCCOCc1ccccc1. The first-order chi connectivity index (χ1) is 14.1. The molecule has 0 saturated heterocycles.